The maximum atomic E-state index is 13.3. The Morgan fingerprint density at radius 3 is 2.48 bits per heavy atom. The van der Waals surface area contributed by atoms with E-state index >= 15 is 0 Å². The van der Waals surface area contributed by atoms with Gasteiger partial charge in [-0.05, 0) is 38.0 Å². The standard InChI is InChI=1S/C15H18BF2NO2/c1-4-13-12(19(14(16)20)15(2,3)21-13)7-9-5-10(17)8-11(18)6-9/h4-6,8,12-13H,1,7,16H2,2-3H3/t12-,13-/m0/s1. The van der Waals surface area contributed by atoms with Crippen LogP contribution in [0, 0.1) is 11.6 Å². The fraction of sp³-hybridized carbons (Fsp3) is 0.400. The molecule has 112 valence electrons. The third-order valence-electron chi connectivity index (χ3n) is 3.65. The number of hydrogen-bond donors (Lipinski definition) is 0. The van der Waals surface area contributed by atoms with Gasteiger partial charge in [0.2, 0.25) is 7.85 Å². The van der Waals surface area contributed by atoms with E-state index in [1.54, 1.807) is 24.8 Å². The smallest absolute Gasteiger partial charge is 0.216 e. The first-order valence-corrected chi connectivity index (χ1v) is 6.80. The van der Waals surface area contributed by atoms with Crippen molar-refractivity contribution >= 4 is 13.7 Å². The molecule has 3 nitrogen and oxygen atoms in total. The third-order valence-corrected chi connectivity index (χ3v) is 3.65. The van der Waals surface area contributed by atoms with E-state index in [1.807, 2.05) is 0 Å². The van der Waals surface area contributed by atoms with E-state index in [0.717, 1.165) is 6.07 Å². The van der Waals surface area contributed by atoms with Crippen molar-refractivity contribution in [3.8, 4) is 0 Å². The van der Waals surface area contributed by atoms with Crippen molar-refractivity contribution in [1.29, 1.82) is 0 Å². The quantitative estimate of drug-likeness (QED) is 0.632. The molecule has 2 atom stereocenters. The summed E-state index contributed by atoms with van der Waals surface area (Å²) in [6, 6.07) is 3.03. The molecule has 0 aliphatic carbocycles. The molecule has 2 rings (SSSR count). The van der Waals surface area contributed by atoms with E-state index in [-0.39, 0.29) is 18.0 Å². The first-order chi connectivity index (χ1) is 9.74. The number of hydrogen-bond acceptors (Lipinski definition) is 2. The molecule has 1 aliphatic heterocycles. The van der Waals surface area contributed by atoms with E-state index in [1.165, 1.54) is 20.0 Å². The van der Waals surface area contributed by atoms with Crippen LogP contribution >= 0.6 is 0 Å². The molecule has 0 bridgehead atoms. The lowest BCUT2D eigenvalue weighted by atomic mass is 9.96. The molecular formula is C15H18BF2NO2. The van der Waals surface area contributed by atoms with Crippen LogP contribution in [0.4, 0.5) is 13.6 Å². The Balaban J connectivity index is 2.34. The van der Waals surface area contributed by atoms with Crippen LogP contribution in [0.1, 0.15) is 19.4 Å². The maximum absolute atomic E-state index is 13.3. The van der Waals surface area contributed by atoms with Crippen LogP contribution < -0.4 is 0 Å². The summed E-state index contributed by atoms with van der Waals surface area (Å²) < 4.78 is 32.5. The fourth-order valence-corrected chi connectivity index (χ4v) is 3.01. The summed E-state index contributed by atoms with van der Waals surface area (Å²) in [5.74, 6) is -1.41. The van der Waals surface area contributed by atoms with Crippen molar-refractivity contribution in [1.82, 2.24) is 4.90 Å². The molecule has 1 aromatic rings. The van der Waals surface area contributed by atoms with Crippen molar-refractivity contribution in [3.63, 3.8) is 0 Å². The van der Waals surface area contributed by atoms with Gasteiger partial charge in [0.05, 0.1) is 12.1 Å². The van der Waals surface area contributed by atoms with Gasteiger partial charge in [-0.1, -0.05) is 6.08 Å². The molecule has 0 N–H and O–H groups in total. The van der Waals surface area contributed by atoms with Crippen molar-refractivity contribution in [2.75, 3.05) is 0 Å². The van der Waals surface area contributed by atoms with Crippen molar-refractivity contribution in [2.45, 2.75) is 38.1 Å². The Kier molecular flexibility index (Phi) is 4.19. The van der Waals surface area contributed by atoms with Gasteiger partial charge in [0.15, 0.2) is 5.81 Å². The molecule has 1 aromatic carbocycles. The molecule has 0 radical (unpaired) electrons. The predicted molar refractivity (Wildman–Crippen MR) is 78.8 cm³/mol. The van der Waals surface area contributed by atoms with E-state index in [0.29, 0.717) is 12.0 Å². The van der Waals surface area contributed by atoms with Crippen LogP contribution in [-0.4, -0.2) is 36.4 Å². The Bertz CT molecular complexity index is 557. The van der Waals surface area contributed by atoms with Gasteiger partial charge in [0.1, 0.15) is 17.4 Å². The van der Waals surface area contributed by atoms with Gasteiger partial charge in [-0.3, -0.25) is 4.79 Å². The van der Waals surface area contributed by atoms with Crippen LogP contribution in [0.5, 0.6) is 0 Å². The number of carbonyl (C=O) groups is 1. The second-order valence-electron chi connectivity index (χ2n) is 5.70. The van der Waals surface area contributed by atoms with Gasteiger partial charge < -0.3 is 9.64 Å². The van der Waals surface area contributed by atoms with Crippen molar-refractivity contribution < 1.29 is 18.3 Å². The lowest BCUT2D eigenvalue weighted by Gasteiger charge is -2.33. The van der Waals surface area contributed by atoms with E-state index in [9.17, 15) is 13.6 Å². The Hall–Kier alpha value is -1.69. The molecule has 0 aromatic heterocycles. The van der Waals surface area contributed by atoms with E-state index < -0.39 is 17.4 Å². The fourth-order valence-electron chi connectivity index (χ4n) is 3.01. The van der Waals surface area contributed by atoms with Gasteiger partial charge in [0, 0.05) is 6.07 Å². The first kappa shape index (κ1) is 15.7. The number of nitrogens with zero attached hydrogens (tertiary/aromatic N) is 1. The summed E-state index contributed by atoms with van der Waals surface area (Å²) >= 11 is 0. The maximum Gasteiger partial charge on any atom is 0.216 e. The molecule has 0 unspecified atom stereocenters. The minimum Gasteiger partial charge on any atom is -0.347 e. The molecule has 6 heteroatoms. The SMILES string of the molecule is BC(=O)N1[C@@H](Cc2cc(F)cc(F)c2)[C@H](C=C)OC1(C)C. The first-order valence-electron chi connectivity index (χ1n) is 6.80. The number of amides is 1. The summed E-state index contributed by atoms with van der Waals surface area (Å²) in [6.45, 7) is 7.30. The lowest BCUT2D eigenvalue weighted by molar-refractivity contribution is -0.0452. The molecule has 1 heterocycles. The van der Waals surface area contributed by atoms with Crippen molar-refractivity contribution in [3.05, 3.63) is 48.1 Å². The van der Waals surface area contributed by atoms with Crippen LogP contribution in [-0.2, 0) is 11.2 Å². The second-order valence-corrected chi connectivity index (χ2v) is 5.70. The average molecular weight is 293 g/mol. The lowest BCUT2D eigenvalue weighted by Crippen LogP contribution is -2.48. The zero-order chi connectivity index (χ0) is 15.8. The highest BCUT2D eigenvalue weighted by atomic mass is 19.1. The molecule has 0 saturated carbocycles. The van der Waals surface area contributed by atoms with Crippen LogP contribution in [0.15, 0.2) is 30.9 Å². The van der Waals surface area contributed by atoms with Gasteiger partial charge in [-0.2, -0.15) is 0 Å². The number of ether oxygens (including phenoxy) is 1. The molecule has 1 fully saturated rings. The van der Waals surface area contributed by atoms with Gasteiger partial charge in [0.25, 0.3) is 0 Å². The molecule has 21 heavy (non-hydrogen) atoms. The van der Waals surface area contributed by atoms with Crippen LogP contribution in [0.3, 0.4) is 0 Å². The molecule has 0 spiro atoms. The zero-order valence-corrected chi connectivity index (χ0v) is 12.4. The summed E-state index contributed by atoms with van der Waals surface area (Å²) in [4.78, 5) is 13.5. The monoisotopic (exact) mass is 293 g/mol. The minimum atomic E-state index is -0.777. The summed E-state index contributed by atoms with van der Waals surface area (Å²) in [5, 5.41) is 0. The topological polar surface area (TPSA) is 29.5 Å². The number of carbonyl (C=O) groups excluding carboxylic acids is 1. The predicted octanol–water partition coefficient (Wildman–Crippen LogP) is 2.25. The van der Waals surface area contributed by atoms with Gasteiger partial charge in [-0.15, -0.1) is 6.58 Å². The largest absolute Gasteiger partial charge is 0.347 e. The molecule has 1 saturated heterocycles. The molecule has 1 amide bonds. The van der Waals surface area contributed by atoms with Crippen LogP contribution in [0.2, 0.25) is 0 Å². The summed E-state index contributed by atoms with van der Waals surface area (Å²) in [6.07, 6.45) is 1.54. The third kappa shape index (κ3) is 3.15. The minimum absolute atomic E-state index is 0.147. The second kappa shape index (κ2) is 5.60. The van der Waals surface area contributed by atoms with Gasteiger partial charge in [-0.25, -0.2) is 8.78 Å². The Morgan fingerprint density at radius 2 is 2.00 bits per heavy atom. The number of halogens is 2. The zero-order valence-electron chi connectivity index (χ0n) is 12.4. The highest BCUT2D eigenvalue weighted by Gasteiger charge is 2.47. The van der Waals surface area contributed by atoms with E-state index in [4.69, 9.17) is 4.74 Å². The summed E-state index contributed by atoms with van der Waals surface area (Å²) in [7, 11) is 1.45. The normalized spacial score (nSPS) is 24.1. The molecule has 1 aliphatic rings. The highest BCUT2D eigenvalue weighted by molar-refractivity contribution is 6.57. The Labute approximate surface area is 124 Å². The molecular weight excluding hydrogens is 275 g/mol. The van der Waals surface area contributed by atoms with Crippen LogP contribution in [0.25, 0.3) is 0 Å². The average Bonchev–Trinajstić information content (AvgIpc) is 2.58. The van der Waals surface area contributed by atoms with E-state index in [2.05, 4.69) is 6.58 Å². The van der Waals surface area contributed by atoms with Gasteiger partial charge >= 0.3 is 0 Å². The van der Waals surface area contributed by atoms with Crippen molar-refractivity contribution in [2.24, 2.45) is 0 Å². The summed E-state index contributed by atoms with van der Waals surface area (Å²) in [5.41, 5.74) is -0.293. The Morgan fingerprint density at radius 1 is 1.43 bits per heavy atom. The number of benzene rings is 1. The number of rotatable bonds is 3. The highest BCUT2D eigenvalue weighted by Crippen LogP contribution is 2.34.